The molecule has 84 valence electrons. The van der Waals surface area contributed by atoms with Crippen LogP contribution in [0.1, 0.15) is 11.4 Å². The molecule has 0 amide bonds. The summed E-state index contributed by atoms with van der Waals surface area (Å²) in [6.07, 6.45) is 1.79. The molecule has 0 fully saturated rings. The first-order valence-electron chi connectivity index (χ1n) is 4.53. The molecule has 0 spiro atoms. The summed E-state index contributed by atoms with van der Waals surface area (Å²) >= 11 is 6.77. The SMILES string of the molecule is Cc1nc2c(Br)cc(Br)cn2c1CC(=O)O. The molecule has 0 aliphatic heterocycles. The molecule has 6 heteroatoms. The van der Waals surface area contributed by atoms with Crippen LogP contribution < -0.4 is 0 Å². The Morgan fingerprint density at radius 1 is 1.56 bits per heavy atom. The van der Waals surface area contributed by atoms with Crippen molar-refractivity contribution in [1.29, 1.82) is 0 Å². The van der Waals surface area contributed by atoms with Crippen molar-refractivity contribution < 1.29 is 9.90 Å². The zero-order chi connectivity index (χ0) is 11.9. The molecule has 0 atom stereocenters. The van der Waals surface area contributed by atoms with Crippen molar-refractivity contribution >= 4 is 43.5 Å². The number of rotatable bonds is 2. The number of aryl methyl sites for hydroxylation is 1. The van der Waals surface area contributed by atoms with Gasteiger partial charge in [-0.3, -0.25) is 4.79 Å². The predicted molar refractivity (Wildman–Crippen MR) is 66.7 cm³/mol. The van der Waals surface area contributed by atoms with E-state index in [9.17, 15) is 4.79 Å². The molecule has 0 unspecified atom stereocenters. The quantitative estimate of drug-likeness (QED) is 0.908. The Labute approximate surface area is 109 Å². The molecule has 1 N–H and O–H groups in total. The standard InChI is InChI=1S/C10H8Br2N2O2/c1-5-8(3-9(15)16)14-4-6(11)2-7(12)10(14)13-5/h2,4H,3H2,1H3,(H,15,16). The monoisotopic (exact) mass is 346 g/mol. The average molecular weight is 348 g/mol. The normalized spacial score (nSPS) is 10.9. The maximum atomic E-state index is 10.8. The number of aliphatic carboxylic acids is 1. The lowest BCUT2D eigenvalue weighted by molar-refractivity contribution is -0.136. The van der Waals surface area contributed by atoms with E-state index in [1.54, 1.807) is 4.40 Å². The van der Waals surface area contributed by atoms with Crippen molar-refractivity contribution in [1.82, 2.24) is 9.38 Å². The van der Waals surface area contributed by atoms with Gasteiger partial charge in [0.25, 0.3) is 0 Å². The second-order valence-corrected chi connectivity index (χ2v) is 5.18. The van der Waals surface area contributed by atoms with Crippen LogP contribution in [-0.4, -0.2) is 20.5 Å². The molecule has 0 radical (unpaired) electrons. The molecule has 4 nitrogen and oxygen atoms in total. The highest BCUT2D eigenvalue weighted by molar-refractivity contribution is 9.11. The Morgan fingerprint density at radius 3 is 2.88 bits per heavy atom. The summed E-state index contributed by atoms with van der Waals surface area (Å²) in [6, 6.07) is 1.88. The van der Waals surface area contributed by atoms with Crippen LogP contribution >= 0.6 is 31.9 Å². The molecule has 2 aromatic heterocycles. The van der Waals surface area contributed by atoms with E-state index in [0.717, 1.165) is 20.3 Å². The number of carboxylic acids is 1. The number of hydrogen-bond acceptors (Lipinski definition) is 2. The van der Waals surface area contributed by atoms with Gasteiger partial charge in [-0.2, -0.15) is 0 Å². The smallest absolute Gasteiger partial charge is 0.309 e. The van der Waals surface area contributed by atoms with Gasteiger partial charge in [-0.25, -0.2) is 4.98 Å². The van der Waals surface area contributed by atoms with Crippen molar-refractivity contribution in [3.05, 3.63) is 32.6 Å². The maximum absolute atomic E-state index is 10.8. The van der Waals surface area contributed by atoms with Crippen molar-refractivity contribution in [3.8, 4) is 0 Å². The van der Waals surface area contributed by atoms with E-state index >= 15 is 0 Å². The Balaban J connectivity index is 2.73. The highest BCUT2D eigenvalue weighted by Gasteiger charge is 2.14. The summed E-state index contributed by atoms with van der Waals surface area (Å²) in [6.45, 7) is 1.81. The van der Waals surface area contributed by atoms with Crippen LogP contribution in [0.4, 0.5) is 0 Å². The van der Waals surface area contributed by atoms with Crippen molar-refractivity contribution in [2.45, 2.75) is 13.3 Å². The molecule has 16 heavy (non-hydrogen) atoms. The first kappa shape index (κ1) is 11.6. The molecule has 0 bridgehead atoms. The Morgan fingerprint density at radius 2 is 2.25 bits per heavy atom. The van der Waals surface area contributed by atoms with Crippen LogP contribution in [0.25, 0.3) is 5.65 Å². The molecular weight excluding hydrogens is 340 g/mol. The van der Waals surface area contributed by atoms with Crippen LogP contribution in [-0.2, 0) is 11.2 Å². The lowest BCUT2D eigenvalue weighted by atomic mass is 10.2. The highest BCUT2D eigenvalue weighted by Crippen LogP contribution is 2.25. The number of halogens is 2. The fourth-order valence-electron chi connectivity index (χ4n) is 1.59. The van der Waals surface area contributed by atoms with Gasteiger partial charge in [0.15, 0.2) is 5.65 Å². The second-order valence-electron chi connectivity index (χ2n) is 3.41. The first-order chi connectivity index (χ1) is 7.49. The fourth-order valence-corrected chi connectivity index (χ4v) is 2.86. The van der Waals surface area contributed by atoms with Crippen LogP contribution in [0.15, 0.2) is 21.2 Å². The molecular formula is C10H8Br2N2O2. The van der Waals surface area contributed by atoms with Crippen LogP contribution in [0.2, 0.25) is 0 Å². The van der Waals surface area contributed by atoms with Crippen molar-refractivity contribution in [2.24, 2.45) is 0 Å². The van der Waals surface area contributed by atoms with Gasteiger partial charge in [0.05, 0.1) is 22.3 Å². The third-order valence-corrected chi connectivity index (χ3v) is 3.28. The van der Waals surface area contributed by atoms with E-state index in [2.05, 4.69) is 36.8 Å². The molecule has 0 aliphatic carbocycles. The Bertz CT molecular complexity index is 578. The van der Waals surface area contributed by atoms with E-state index in [0.29, 0.717) is 5.69 Å². The van der Waals surface area contributed by atoms with Gasteiger partial charge in [0.1, 0.15) is 0 Å². The highest BCUT2D eigenvalue weighted by atomic mass is 79.9. The number of fused-ring (bicyclic) bond motifs is 1. The Hall–Kier alpha value is -0.880. The van der Waals surface area contributed by atoms with E-state index < -0.39 is 5.97 Å². The third kappa shape index (κ3) is 1.99. The summed E-state index contributed by atoms with van der Waals surface area (Å²) in [4.78, 5) is 15.1. The van der Waals surface area contributed by atoms with Gasteiger partial charge in [0.2, 0.25) is 0 Å². The molecule has 2 aromatic rings. The topological polar surface area (TPSA) is 54.6 Å². The van der Waals surface area contributed by atoms with Gasteiger partial charge >= 0.3 is 5.97 Å². The molecule has 2 heterocycles. The largest absolute Gasteiger partial charge is 0.481 e. The summed E-state index contributed by atoms with van der Waals surface area (Å²) in [7, 11) is 0. The number of pyridine rings is 1. The maximum Gasteiger partial charge on any atom is 0.309 e. The summed E-state index contributed by atoms with van der Waals surface area (Å²) in [5.41, 5.74) is 2.17. The van der Waals surface area contributed by atoms with Gasteiger partial charge in [-0.15, -0.1) is 0 Å². The molecule has 0 aliphatic rings. The van der Waals surface area contributed by atoms with Crippen LogP contribution in [0.5, 0.6) is 0 Å². The molecule has 0 saturated carbocycles. The number of aromatic nitrogens is 2. The number of carboxylic acid groups (broad SMARTS) is 1. The van der Waals surface area contributed by atoms with Gasteiger partial charge in [-0.05, 0) is 44.8 Å². The molecule has 0 aromatic carbocycles. The second kappa shape index (κ2) is 4.18. The number of carbonyl (C=O) groups is 1. The molecule has 2 rings (SSSR count). The van der Waals surface area contributed by atoms with E-state index in [1.807, 2.05) is 19.2 Å². The zero-order valence-electron chi connectivity index (χ0n) is 8.37. The minimum atomic E-state index is -0.860. The van der Waals surface area contributed by atoms with Gasteiger partial charge < -0.3 is 9.51 Å². The van der Waals surface area contributed by atoms with Crippen LogP contribution in [0, 0.1) is 6.92 Å². The van der Waals surface area contributed by atoms with E-state index in [4.69, 9.17) is 5.11 Å². The number of hydrogen-bond donors (Lipinski definition) is 1. The summed E-state index contributed by atoms with van der Waals surface area (Å²) in [5, 5.41) is 8.84. The summed E-state index contributed by atoms with van der Waals surface area (Å²) < 4.78 is 3.50. The van der Waals surface area contributed by atoms with E-state index in [1.165, 1.54) is 0 Å². The Kier molecular flexibility index (Phi) is 3.03. The molecule has 0 saturated heterocycles. The number of nitrogens with zero attached hydrogens (tertiary/aromatic N) is 2. The predicted octanol–water partition coefficient (Wildman–Crippen LogP) is 2.79. The fraction of sp³-hybridized carbons (Fsp3) is 0.200. The minimum absolute atomic E-state index is 0.0319. The zero-order valence-corrected chi connectivity index (χ0v) is 11.5. The van der Waals surface area contributed by atoms with Gasteiger partial charge in [0, 0.05) is 10.7 Å². The van der Waals surface area contributed by atoms with Crippen molar-refractivity contribution in [3.63, 3.8) is 0 Å². The first-order valence-corrected chi connectivity index (χ1v) is 6.12. The number of imidazole rings is 1. The average Bonchev–Trinajstić information content (AvgIpc) is 2.45. The lowest BCUT2D eigenvalue weighted by Gasteiger charge is -2.02. The summed E-state index contributed by atoms with van der Waals surface area (Å²) in [5.74, 6) is -0.860. The third-order valence-electron chi connectivity index (χ3n) is 2.26. The van der Waals surface area contributed by atoms with Crippen molar-refractivity contribution in [2.75, 3.05) is 0 Å². The van der Waals surface area contributed by atoms with E-state index in [-0.39, 0.29) is 6.42 Å². The lowest BCUT2D eigenvalue weighted by Crippen LogP contribution is -2.04. The van der Waals surface area contributed by atoms with Crippen LogP contribution in [0.3, 0.4) is 0 Å². The minimum Gasteiger partial charge on any atom is -0.481 e. The van der Waals surface area contributed by atoms with Gasteiger partial charge in [-0.1, -0.05) is 0 Å².